The first kappa shape index (κ1) is 16.1. The van der Waals surface area contributed by atoms with Crippen molar-refractivity contribution in [2.45, 2.75) is 45.6 Å². The summed E-state index contributed by atoms with van der Waals surface area (Å²) in [6, 6.07) is 8.77. The monoisotopic (exact) mass is 335 g/mol. The van der Waals surface area contributed by atoms with Crippen LogP contribution in [0.3, 0.4) is 0 Å². The molecule has 1 aromatic heterocycles. The number of nitrogens with one attached hydrogen (secondary N) is 1. The third-order valence-electron chi connectivity index (χ3n) is 5.20. The van der Waals surface area contributed by atoms with E-state index < -0.39 is 0 Å². The van der Waals surface area contributed by atoms with Crippen molar-refractivity contribution >= 4 is 17.3 Å². The van der Waals surface area contributed by atoms with Crippen molar-refractivity contribution in [1.29, 1.82) is 0 Å². The second-order valence-electron chi connectivity index (χ2n) is 7.45. The van der Waals surface area contributed by atoms with Crippen LogP contribution in [-0.2, 0) is 11.2 Å². The Kier molecular flexibility index (Phi) is 4.20. The number of aryl methyl sites for hydroxylation is 2. The molecule has 1 aliphatic carbocycles. The van der Waals surface area contributed by atoms with Crippen LogP contribution in [0.4, 0.5) is 11.4 Å². The van der Waals surface area contributed by atoms with Crippen molar-refractivity contribution in [3.05, 3.63) is 53.3 Å². The van der Waals surface area contributed by atoms with Crippen LogP contribution < -0.4 is 10.2 Å². The van der Waals surface area contributed by atoms with E-state index in [1.54, 1.807) is 0 Å². The molecule has 1 fully saturated rings. The third kappa shape index (κ3) is 3.53. The molecule has 0 saturated heterocycles. The summed E-state index contributed by atoms with van der Waals surface area (Å²) >= 11 is 0. The van der Waals surface area contributed by atoms with Gasteiger partial charge in [-0.15, -0.1) is 0 Å². The molecule has 0 spiro atoms. The number of nitrogens with zero attached hydrogens (tertiary/aromatic N) is 2. The topological polar surface area (TPSA) is 45.2 Å². The normalized spacial score (nSPS) is 18.0. The van der Waals surface area contributed by atoms with E-state index in [-0.39, 0.29) is 11.9 Å². The average Bonchev–Trinajstić information content (AvgIpc) is 3.41. The number of aromatic nitrogens is 1. The molecule has 25 heavy (non-hydrogen) atoms. The van der Waals surface area contributed by atoms with Gasteiger partial charge in [0.05, 0.1) is 6.04 Å². The van der Waals surface area contributed by atoms with Gasteiger partial charge >= 0.3 is 0 Å². The van der Waals surface area contributed by atoms with Crippen molar-refractivity contribution in [2.75, 3.05) is 16.8 Å². The number of hydrogen-bond acceptors (Lipinski definition) is 3. The first-order chi connectivity index (χ1) is 12.1. The van der Waals surface area contributed by atoms with Gasteiger partial charge in [-0.2, -0.15) is 0 Å². The van der Waals surface area contributed by atoms with Gasteiger partial charge in [-0.1, -0.05) is 6.07 Å². The molecule has 0 unspecified atom stereocenters. The average molecular weight is 335 g/mol. The Labute approximate surface area is 149 Å². The molecule has 1 amide bonds. The number of amides is 1. The summed E-state index contributed by atoms with van der Waals surface area (Å²) in [6.45, 7) is 5.11. The number of rotatable bonds is 5. The number of pyridine rings is 1. The Bertz CT molecular complexity index is 797. The lowest BCUT2D eigenvalue weighted by atomic mass is 9.99. The summed E-state index contributed by atoms with van der Waals surface area (Å²) in [5.41, 5.74) is 5.85. The molecule has 0 radical (unpaired) electrons. The van der Waals surface area contributed by atoms with Crippen molar-refractivity contribution in [3.63, 3.8) is 0 Å². The molecule has 1 aliphatic heterocycles. The number of hydrogen-bond donors (Lipinski definition) is 1. The molecule has 4 nitrogen and oxygen atoms in total. The van der Waals surface area contributed by atoms with Crippen LogP contribution in [0.1, 0.15) is 48.9 Å². The first-order valence-corrected chi connectivity index (χ1v) is 9.21. The quantitative estimate of drug-likeness (QED) is 0.888. The minimum absolute atomic E-state index is 0.193. The molecule has 130 valence electrons. The van der Waals surface area contributed by atoms with Crippen molar-refractivity contribution < 1.29 is 4.79 Å². The van der Waals surface area contributed by atoms with Crippen LogP contribution in [-0.4, -0.2) is 17.4 Å². The standard InChI is InChI=1S/C21H25N3O/c1-14-9-18(12-22-11-14)15(2)23-19-6-7-20-17(10-19)5-8-21(25)24(20)13-16-3-4-16/h6-7,9-12,15-16,23H,3-5,8,13H2,1-2H3/t15-/m0/s1. The van der Waals surface area contributed by atoms with Crippen LogP contribution in [0.5, 0.6) is 0 Å². The van der Waals surface area contributed by atoms with Crippen LogP contribution in [0, 0.1) is 12.8 Å². The zero-order chi connectivity index (χ0) is 17.4. The lowest BCUT2D eigenvalue weighted by molar-refractivity contribution is -0.118. The molecule has 1 aromatic carbocycles. The fourth-order valence-electron chi connectivity index (χ4n) is 3.56. The number of anilines is 2. The minimum Gasteiger partial charge on any atom is -0.378 e. The largest absolute Gasteiger partial charge is 0.378 e. The zero-order valence-corrected chi connectivity index (χ0v) is 15.0. The highest BCUT2D eigenvalue weighted by Crippen LogP contribution is 2.36. The van der Waals surface area contributed by atoms with Gasteiger partial charge in [-0.3, -0.25) is 9.78 Å². The zero-order valence-electron chi connectivity index (χ0n) is 15.0. The maximum atomic E-state index is 12.3. The van der Waals surface area contributed by atoms with Gasteiger partial charge in [0.2, 0.25) is 5.91 Å². The molecule has 4 rings (SSSR count). The second-order valence-corrected chi connectivity index (χ2v) is 7.45. The Morgan fingerprint density at radius 2 is 2.08 bits per heavy atom. The van der Waals surface area contributed by atoms with Gasteiger partial charge in [0.25, 0.3) is 0 Å². The Morgan fingerprint density at radius 3 is 2.84 bits per heavy atom. The van der Waals surface area contributed by atoms with Gasteiger partial charge in [-0.25, -0.2) is 0 Å². The molecule has 0 bridgehead atoms. The SMILES string of the molecule is Cc1cncc([C@H](C)Nc2ccc3c(c2)CCC(=O)N3CC2CC2)c1. The number of benzene rings is 1. The van der Waals surface area contributed by atoms with Crippen molar-refractivity contribution in [3.8, 4) is 0 Å². The summed E-state index contributed by atoms with van der Waals surface area (Å²) < 4.78 is 0. The maximum Gasteiger partial charge on any atom is 0.227 e. The molecule has 1 N–H and O–H groups in total. The molecular formula is C21H25N3O. The predicted octanol–water partition coefficient (Wildman–Crippen LogP) is 4.25. The molecule has 1 saturated carbocycles. The van der Waals surface area contributed by atoms with E-state index in [4.69, 9.17) is 0 Å². The van der Waals surface area contributed by atoms with Gasteiger partial charge in [0.15, 0.2) is 0 Å². The molecule has 4 heteroatoms. The van der Waals surface area contributed by atoms with Gasteiger partial charge in [0.1, 0.15) is 0 Å². The van der Waals surface area contributed by atoms with E-state index >= 15 is 0 Å². The highest BCUT2D eigenvalue weighted by atomic mass is 16.2. The van der Waals surface area contributed by atoms with E-state index in [0.717, 1.165) is 24.3 Å². The van der Waals surface area contributed by atoms with Gasteiger partial charge < -0.3 is 10.2 Å². The molecule has 1 atom stereocenters. The van der Waals surface area contributed by atoms with Crippen molar-refractivity contribution in [1.82, 2.24) is 4.98 Å². The molecule has 2 aromatic rings. The fraction of sp³-hybridized carbons (Fsp3) is 0.429. The van der Waals surface area contributed by atoms with Gasteiger partial charge in [-0.05, 0) is 73.9 Å². The van der Waals surface area contributed by atoms with Crippen LogP contribution in [0.25, 0.3) is 0 Å². The highest BCUT2D eigenvalue weighted by molar-refractivity contribution is 5.96. The molecule has 2 heterocycles. The summed E-state index contributed by atoms with van der Waals surface area (Å²) in [5.74, 6) is 0.987. The van der Waals surface area contributed by atoms with Gasteiger partial charge in [0, 0.05) is 36.7 Å². The lowest BCUT2D eigenvalue weighted by Crippen LogP contribution is -2.36. The Morgan fingerprint density at radius 1 is 1.24 bits per heavy atom. The summed E-state index contributed by atoms with van der Waals surface area (Å²) in [4.78, 5) is 18.6. The minimum atomic E-state index is 0.193. The lowest BCUT2D eigenvalue weighted by Gasteiger charge is -2.30. The van der Waals surface area contributed by atoms with E-state index in [1.165, 1.54) is 29.5 Å². The first-order valence-electron chi connectivity index (χ1n) is 9.21. The number of carbonyl (C=O) groups excluding carboxylic acids is 1. The number of fused-ring (bicyclic) bond motifs is 1. The van der Waals surface area contributed by atoms with Crippen molar-refractivity contribution in [2.24, 2.45) is 5.92 Å². The van der Waals surface area contributed by atoms with E-state index in [9.17, 15) is 4.79 Å². The third-order valence-corrected chi connectivity index (χ3v) is 5.20. The van der Waals surface area contributed by atoms with Crippen LogP contribution in [0.15, 0.2) is 36.7 Å². The highest BCUT2D eigenvalue weighted by Gasteiger charge is 2.31. The maximum absolute atomic E-state index is 12.3. The summed E-state index contributed by atoms with van der Waals surface area (Å²) in [5, 5.41) is 3.57. The Balaban J connectivity index is 1.53. The fourth-order valence-corrected chi connectivity index (χ4v) is 3.56. The predicted molar refractivity (Wildman–Crippen MR) is 101 cm³/mol. The van der Waals surface area contributed by atoms with Crippen LogP contribution >= 0.6 is 0 Å². The molecule has 2 aliphatic rings. The van der Waals surface area contributed by atoms with E-state index in [1.807, 2.05) is 17.3 Å². The summed E-state index contributed by atoms with van der Waals surface area (Å²) in [7, 11) is 0. The molecular weight excluding hydrogens is 310 g/mol. The Hall–Kier alpha value is -2.36. The van der Waals surface area contributed by atoms with E-state index in [0.29, 0.717) is 12.3 Å². The second kappa shape index (κ2) is 6.51. The van der Waals surface area contributed by atoms with E-state index in [2.05, 4.69) is 48.4 Å². The van der Waals surface area contributed by atoms with Crippen LogP contribution in [0.2, 0.25) is 0 Å². The summed E-state index contributed by atoms with van der Waals surface area (Å²) in [6.07, 6.45) is 7.78. The number of carbonyl (C=O) groups is 1. The smallest absolute Gasteiger partial charge is 0.227 e.